The third-order valence-corrected chi connectivity index (χ3v) is 5.78. The molecular weight excluding hydrogens is 352 g/mol. The highest BCUT2D eigenvalue weighted by Crippen LogP contribution is 2.28. The van der Waals surface area contributed by atoms with Crippen LogP contribution in [0, 0.1) is 13.8 Å². The second-order valence-electron chi connectivity index (χ2n) is 6.59. The van der Waals surface area contributed by atoms with E-state index in [0.717, 1.165) is 25.0 Å². The molecule has 0 aliphatic heterocycles. The molecule has 8 nitrogen and oxygen atoms in total. The predicted octanol–water partition coefficient (Wildman–Crippen LogP) is 1.94. The molecule has 1 amide bonds. The van der Waals surface area contributed by atoms with Crippen molar-refractivity contribution in [1.82, 2.24) is 24.6 Å². The van der Waals surface area contributed by atoms with Gasteiger partial charge in [-0.2, -0.15) is 5.10 Å². The summed E-state index contributed by atoms with van der Waals surface area (Å²) in [5, 5.41) is 10.2. The Morgan fingerprint density at radius 2 is 2.04 bits per heavy atom. The molecule has 3 heterocycles. The number of aromatic amines is 1. The molecule has 0 atom stereocenters. The maximum atomic E-state index is 12.7. The van der Waals surface area contributed by atoms with Crippen LogP contribution in [-0.4, -0.2) is 30.5 Å². The summed E-state index contributed by atoms with van der Waals surface area (Å²) in [6, 6.07) is 0. The highest BCUT2D eigenvalue weighted by Gasteiger charge is 2.19. The largest absolute Gasteiger partial charge is 0.302 e. The van der Waals surface area contributed by atoms with Gasteiger partial charge in [-0.05, 0) is 39.5 Å². The van der Waals surface area contributed by atoms with Crippen LogP contribution >= 0.6 is 11.3 Å². The van der Waals surface area contributed by atoms with Gasteiger partial charge in [0.05, 0.1) is 17.8 Å². The number of carbonyl (C=O) groups is 1. The van der Waals surface area contributed by atoms with Crippen LogP contribution in [0.15, 0.2) is 4.79 Å². The first kappa shape index (κ1) is 16.9. The zero-order chi connectivity index (χ0) is 18.3. The number of hydrogen-bond acceptors (Lipinski definition) is 6. The molecule has 2 N–H and O–H groups in total. The van der Waals surface area contributed by atoms with Gasteiger partial charge in [-0.3, -0.25) is 9.59 Å². The molecule has 0 radical (unpaired) electrons. The van der Waals surface area contributed by atoms with E-state index < -0.39 is 0 Å². The van der Waals surface area contributed by atoms with Gasteiger partial charge in [-0.25, -0.2) is 19.5 Å². The number of aromatic nitrogens is 5. The van der Waals surface area contributed by atoms with Crippen molar-refractivity contribution < 1.29 is 4.79 Å². The second-order valence-corrected chi connectivity index (χ2v) is 7.67. The molecule has 0 saturated carbocycles. The predicted molar refractivity (Wildman–Crippen MR) is 98.8 cm³/mol. The standard InChI is InChI=1S/C17H20N6O2S/c1-9-11(15(25)23-10(2)21-22-16(23)18-9)8-14(24)20-17-19-12-6-4-3-5-7-13(12)26-17/h3-8H2,1-2H3,(H,18,22)(H,19,20,24). The topological polar surface area (TPSA) is 105 Å². The van der Waals surface area contributed by atoms with E-state index in [-0.39, 0.29) is 17.9 Å². The SMILES string of the molecule is Cc1nc2[nH]nc(C)n2c(=O)c1CC(=O)Nc1nc2c(s1)CCCCC2. The van der Waals surface area contributed by atoms with Crippen LogP contribution in [0.4, 0.5) is 5.13 Å². The molecule has 0 fully saturated rings. The summed E-state index contributed by atoms with van der Waals surface area (Å²) in [5.41, 5.74) is 1.76. The zero-order valence-corrected chi connectivity index (χ0v) is 15.6. The molecule has 3 aromatic heterocycles. The monoisotopic (exact) mass is 372 g/mol. The molecule has 1 aliphatic carbocycles. The first-order chi connectivity index (χ1) is 12.5. The lowest BCUT2D eigenvalue weighted by Crippen LogP contribution is -2.26. The molecule has 0 unspecified atom stereocenters. The second kappa shape index (κ2) is 6.64. The fraction of sp³-hybridized carbons (Fsp3) is 0.471. The summed E-state index contributed by atoms with van der Waals surface area (Å²) in [5.74, 6) is 0.651. The minimum atomic E-state index is -0.260. The quantitative estimate of drug-likeness (QED) is 0.684. The maximum Gasteiger partial charge on any atom is 0.264 e. The van der Waals surface area contributed by atoms with Crippen molar-refractivity contribution in [2.45, 2.75) is 52.4 Å². The smallest absolute Gasteiger partial charge is 0.264 e. The number of hydrogen-bond donors (Lipinski definition) is 2. The molecule has 26 heavy (non-hydrogen) atoms. The van der Waals surface area contributed by atoms with E-state index in [1.165, 1.54) is 22.1 Å². The average molecular weight is 372 g/mol. The van der Waals surface area contributed by atoms with E-state index >= 15 is 0 Å². The summed E-state index contributed by atoms with van der Waals surface area (Å²) in [4.78, 5) is 35.3. The van der Waals surface area contributed by atoms with Gasteiger partial charge >= 0.3 is 0 Å². The summed E-state index contributed by atoms with van der Waals surface area (Å²) >= 11 is 1.55. The van der Waals surface area contributed by atoms with Crippen LogP contribution in [0.5, 0.6) is 0 Å². The van der Waals surface area contributed by atoms with Crippen LogP contribution < -0.4 is 10.9 Å². The lowest BCUT2D eigenvalue weighted by Gasteiger charge is -2.05. The number of fused-ring (bicyclic) bond motifs is 2. The number of rotatable bonds is 3. The normalized spacial score (nSPS) is 14.2. The number of amides is 1. The van der Waals surface area contributed by atoms with E-state index in [2.05, 4.69) is 25.5 Å². The van der Waals surface area contributed by atoms with E-state index in [1.807, 2.05) is 0 Å². The first-order valence-electron chi connectivity index (χ1n) is 8.74. The highest BCUT2D eigenvalue weighted by molar-refractivity contribution is 7.15. The van der Waals surface area contributed by atoms with Gasteiger partial charge in [0, 0.05) is 10.4 Å². The van der Waals surface area contributed by atoms with Gasteiger partial charge in [0.2, 0.25) is 11.7 Å². The molecule has 136 valence electrons. The number of thiazole rings is 1. The minimum Gasteiger partial charge on any atom is -0.302 e. The molecule has 0 aromatic carbocycles. The first-order valence-corrected chi connectivity index (χ1v) is 9.56. The van der Waals surface area contributed by atoms with Crippen molar-refractivity contribution in [2.24, 2.45) is 0 Å². The lowest BCUT2D eigenvalue weighted by atomic mass is 10.1. The van der Waals surface area contributed by atoms with E-state index in [9.17, 15) is 9.59 Å². The number of carbonyl (C=O) groups excluding carboxylic acids is 1. The van der Waals surface area contributed by atoms with E-state index in [4.69, 9.17) is 0 Å². The molecule has 1 aliphatic rings. The molecule has 0 bridgehead atoms. The Hall–Kier alpha value is -2.55. The number of H-pyrrole nitrogens is 1. The van der Waals surface area contributed by atoms with Crippen molar-refractivity contribution in [1.29, 1.82) is 0 Å². The Morgan fingerprint density at radius 1 is 1.23 bits per heavy atom. The van der Waals surface area contributed by atoms with Crippen LogP contribution in [0.1, 0.15) is 46.9 Å². The summed E-state index contributed by atoms with van der Waals surface area (Å²) in [7, 11) is 0. The molecule has 0 saturated heterocycles. The molecular formula is C17H20N6O2S. The zero-order valence-electron chi connectivity index (χ0n) is 14.8. The molecule has 0 spiro atoms. The molecule has 9 heteroatoms. The lowest BCUT2D eigenvalue weighted by molar-refractivity contribution is -0.115. The fourth-order valence-corrected chi connectivity index (χ4v) is 4.39. The van der Waals surface area contributed by atoms with Gasteiger partial charge in [-0.1, -0.05) is 6.42 Å². The maximum absolute atomic E-state index is 12.7. The molecule has 4 rings (SSSR count). The summed E-state index contributed by atoms with van der Waals surface area (Å²) < 4.78 is 1.39. The number of nitrogens with zero attached hydrogens (tertiary/aromatic N) is 4. The van der Waals surface area contributed by atoms with Crippen molar-refractivity contribution in [2.75, 3.05) is 5.32 Å². The summed E-state index contributed by atoms with van der Waals surface area (Å²) in [6.07, 6.45) is 5.53. The van der Waals surface area contributed by atoms with Gasteiger partial charge in [-0.15, -0.1) is 11.3 Å². The Kier molecular flexibility index (Phi) is 4.31. The Bertz CT molecular complexity index is 1020. The van der Waals surface area contributed by atoms with E-state index in [1.54, 1.807) is 25.2 Å². The van der Waals surface area contributed by atoms with Crippen LogP contribution in [-0.2, 0) is 24.1 Å². The fourth-order valence-electron chi connectivity index (χ4n) is 3.33. The minimum absolute atomic E-state index is 0.0323. The van der Waals surface area contributed by atoms with Crippen LogP contribution in [0.3, 0.4) is 0 Å². The van der Waals surface area contributed by atoms with Crippen molar-refractivity contribution >= 4 is 28.2 Å². The Morgan fingerprint density at radius 3 is 2.88 bits per heavy atom. The van der Waals surface area contributed by atoms with Crippen molar-refractivity contribution in [3.05, 3.63) is 38.0 Å². The van der Waals surface area contributed by atoms with Crippen molar-refractivity contribution in [3.63, 3.8) is 0 Å². The molecule has 3 aromatic rings. The average Bonchev–Trinajstić information content (AvgIpc) is 3.07. The third-order valence-electron chi connectivity index (χ3n) is 4.70. The van der Waals surface area contributed by atoms with Crippen LogP contribution in [0.25, 0.3) is 5.78 Å². The number of anilines is 1. The van der Waals surface area contributed by atoms with E-state index in [0.29, 0.717) is 28.0 Å². The van der Waals surface area contributed by atoms with Crippen LogP contribution in [0.2, 0.25) is 0 Å². The number of nitrogens with one attached hydrogen (secondary N) is 2. The van der Waals surface area contributed by atoms with Gasteiger partial charge in [0.15, 0.2) is 5.13 Å². The Labute approximate surface area is 153 Å². The van der Waals surface area contributed by atoms with Gasteiger partial charge < -0.3 is 5.32 Å². The Balaban J connectivity index is 1.56. The number of aryl methyl sites for hydroxylation is 4. The van der Waals surface area contributed by atoms with Gasteiger partial charge in [0.1, 0.15) is 5.82 Å². The highest BCUT2D eigenvalue weighted by atomic mass is 32.1. The summed E-state index contributed by atoms with van der Waals surface area (Å²) in [6.45, 7) is 3.44. The van der Waals surface area contributed by atoms with Crippen molar-refractivity contribution in [3.8, 4) is 0 Å². The van der Waals surface area contributed by atoms with Gasteiger partial charge in [0.25, 0.3) is 5.56 Å². The third kappa shape index (κ3) is 3.03.